The molecule has 0 amide bonds. The van der Waals surface area contributed by atoms with Gasteiger partial charge in [-0.05, 0) is 22.0 Å². The second kappa shape index (κ2) is 7.21. The smallest absolute Gasteiger partial charge is 0.287 e. The fraction of sp³-hybridized carbons (Fsp3) is 0.333. The van der Waals surface area contributed by atoms with Crippen LogP contribution < -0.4 is 10.9 Å². The van der Waals surface area contributed by atoms with Crippen molar-refractivity contribution in [1.29, 1.82) is 0 Å². The van der Waals surface area contributed by atoms with Gasteiger partial charge in [0.15, 0.2) is 0 Å². The van der Waals surface area contributed by atoms with Gasteiger partial charge in [0.05, 0.1) is 25.0 Å². The Hall–Kier alpha value is -0.890. The number of hydrogen-bond acceptors (Lipinski definition) is 5. The Labute approximate surface area is 133 Å². The van der Waals surface area contributed by atoms with E-state index in [9.17, 15) is 4.79 Å². The third-order valence-electron chi connectivity index (χ3n) is 2.57. The predicted octanol–water partition coefficient (Wildman–Crippen LogP) is 2.98. The van der Waals surface area contributed by atoms with Crippen molar-refractivity contribution in [2.45, 2.75) is 13.1 Å². The quantitative estimate of drug-likeness (QED) is 0.839. The molecule has 0 aliphatic carbocycles. The summed E-state index contributed by atoms with van der Waals surface area (Å²) in [4.78, 5) is 13.1. The van der Waals surface area contributed by atoms with Crippen LogP contribution in [0.3, 0.4) is 0 Å². The van der Waals surface area contributed by atoms with Gasteiger partial charge in [0.1, 0.15) is 5.02 Å². The number of halogens is 2. The monoisotopic (exact) mass is 377 g/mol. The van der Waals surface area contributed by atoms with Crippen molar-refractivity contribution in [3.05, 3.63) is 42.4 Å². The molecule has 0 saturated carbocycles. The van der Waals surface area contributed by atoms with Crippen LogP contribution in [-0.4, -0.2) is 23.5 Å². The minimum Gasteiger partial charge on any atom is -0.383 e. The average Bonchev–Trinajstić information content (AvgIpc) is 2.85. The van der Waals surface area contributed by atoms with Crippen molar-refractivity contribution in [1.82, 2.24) is 9.78 Å². The highest BCUT2D eigenvalue weighted by molar-refractivity contribution is 9.10. The van der Waals surface area contributed by atoms with Crippen LogP contribution in [0.25, 0.3) is 0 Å². The minimum absolute atomic E-state index is 0.145. The number of nitrogens with one attached hydrogen (secondary N) is 1. The van der Waals surface area contributed by atoms with E-state index in [2.05, 4.69) is 26.3 Å². The maximum Gasteiger partial charge on any atom is 0.287 e. The van der Waals surface area contributed by atoms with E-state index in [1.54, 1.807) is 24.6 Å². The largest absolute Gasteiger partial charge is 0.383 e. The first-order valence-corrected chi connectivity index (χ1v) is 7.88. The first-order valence-electron chi connectivity index (χ1n) is 5.83. The molecule has 0 aliphatic heterocycles. The van der Waals surface area contributed by atoms with Gasteiger partial charge in [0.2, 0.25) is 0 Å². The maximum atomic E-state index is 12.0. The summed E-state index contributed by atoms with van der Waals surface area (Å²) in [7, 11) is 1.57. The second-order valence-electron chi connectivity index (χ2n) is 3.98. The molecule has 0 saturated heterocycles. The van der Waals surface area contributed by atoms with E-state index in [0.29, 0.717) is 25.4 Å². The van der Waals surface area contributed by atoms with E-state index >= 15 is 0 Å². The summed E-state index contributed by atoms with van der Waals surface area (Å²) in [6.45, 7) is 1.39. The molecular weight excluding hydrogens is 366 g/mol. The third kappa shape index (κ3) is 3.82. The molecule has 8 heteroatoms. The zero-order valence-corrected chi connectivity index (χ0v) is 13.9. The molecule has 0 aromatic carbocycles. The molecule has 0 fully saturated rings. The van der Waals surface area contributed by atoms with Gasteiger partial charge in [-0.2, -0.15) is 5.10 Å². The first-order chi connectivity index (χ1) is 9.61. The van der Waals surface area contributed by atoms with Crippen molar-refractivity contribution in [2.24, 2.45) is 0 Å². The Bertz CT molecular complexity index is 644. The highest BCUT2D eigenvalue weighted by Crippen LogP contribution is 2.22. The number of anilines is 1. The lowest BCUT2D eigenvalue weighted by atomic mass is 10.4. The topological polar surface area (TPSA) is 56.1 Å². The molecule has 5 nitrogen and oxygen atoms in total. The summed E-state index contributed by atoms with van der Waals surface area (Å²) >= 11 is 11.1. The SMILES string of the molecule is COCCn1ncc(NCc2cc(Br)cs2)c(Cl)c1=O. The van der Waals surface area contributed by atoms with Gasteiger partial charge in [0.25, 0.3) is 5.56 Å². The fourth-order valence-corrected chi connectivity index (χ4v) is 3.16. The molecule has 20 heavy (non-hydrogen) atoms. The maximum absolute atomic E-state index is 12.0. The lowest BCUT2D eigenvalue weighted by Gasteiger charge is -2.09. The average molecular weight is 379 g/mol. The molecule has 2 rings (SSSR count). The molecule has 1 N–H and O–H groups in total. The molecule has 0 atom stereocenters. The summed E-state index contributed by atoms with van der Waals surface area (Å²) in [5.74, 6) is 0. The van der Waals surface area contributed by atoms with E-state index < -0.39 is 0 Å². The van der Waals surface area contributed by atoms with Gasteiger partial charge in [0, 0.05) is 28.4 Å². The second-order valence-corrected chi connectivity index (χ2v) is 6.27. The van der Waals surface area contributed by atoms with E-state index in [-0.39, 0.29) is 10.6 Å². The van der Waals surface area contributed by atoms with Crippen molar-refractivity contribution >= 4 is 44.6 Å². The van der Waals surface area contributed by atoms with Gasteiger partial charge < -0.3 is 10.1 Å². The zero-order chi connectivity index (χ0) is 14.5. The fourth-order valence-electron chi connectivity index (χ4n) is 1.55. The molecule has 0 radical (unpaired) electrons. The number of hydrogen-bond donors (Lipinski definition) is 1. The van der Waals surface area contributed by atoms with Crippen LogP contribution in [0.15, 0.2) is 26.9 Å². The van der Waals surface area contributed by atoms with E-state index in [0.717, 1.165) is 9.35 Å². The summed E-state index contributed by atoms with van der Waals surface area (Å²) in [5, 5.41) is 9.33. The van der Waals surface area contributed by atoms with Crippen molar-refractivity contribution in [3.8, 4) is 0 Å². The van der Waals surface area contributed by atoms with E-state index in [4.69, 9.17) is 16.3 Å². The van der Waals surface area contributed by atoms with Crippen molar-refractivity contribution < 1.29 is 4.74 Å². The highest BCUT2D eigenvalue weighted by Gasteiger charge is 2.09. The number of aromatic nitrogens is 2. The van der Waals surface area contributed by atoms with Gasteiger partial charge in [-0.1, -0.05) is 11.6 Å². The predicted molar refractivity (Wildman–Crippen MR) is 84.7 cm³/mol. The lowest BCUT2D eigenvalue weighted by Crippen LogP contribution is -2.26. The van der Waals surface area contributed by atoms with Gasteiger partial charge in [-0.25, -0.2) is 4.68 Å². The molecular formula is C12H13BrClN3O2S. The molecule has 0 bridgehead atoms. The lowest BCUT2D eigenvalue weighted by molar-refractivity contribution is 0.182. The van der Waals surface area contributed by atoms with E-state index in [1.165, 1.54) is 4.68 Å². The Morgan fingerprint density at radius 1 is 1.60 bits per heavy atom. The van der Waals surface area contributed by atoms with Crippen molar-refractivity contribution in [2.75, 3.05) is 19.0 Å². The van der Waals surface area contributed by atoms with Gasteiger partial charge in [-0.3, -0.25) is 4.79 Å². The van der Waals surface area contributed by atoms with Crippen LogP contribution in [0.2, 0.25) is 5.02 Å². The number of nitrogens with zero attached hydrogens (tertiary/aromatic N) is 2. The Morgan fingerprint density at radius 3 is 3.05 bits per heavy atom. The molecule has 0 spiro atoms. The Kier molecular flexibility index (Phi) is 5.59. The third-order valence-corrected chi connectivity index (χ3v) is 4.63. The van der Waals surface area contributed by atoms with Crippen LogP contribution in [0, 0.1) is 0 Å². The summed E-state index contributed by atoms with van der Waals surface area (Å²) < 4.78 is 7.25. The summed E-state index contributed by atoms with van der Waals surface area (Å²) in [6.07, 6.45) is 1.56. The zero-order valence-electron chi connectivity index (χ0n) is 10.7. The molecule has 2 heterocycles. The molecule has 0 unspecified atom stereocenters. The number of rotatable bonds is 6. The number of methoxy groups -OCH3 is 1. The van der Waals surface area contributed by atoms with E-state index in [1.807, 2.05) is 11.4 Å². The summed E-state index contributed by atoms with van der Waals surface area (Å²) in [6, 6.07) is 2.01. The molecule has 0 aliphatic rings. The molecule has 2 aromatic heterocycles. The number of ether oxygens (including phenoxy) is 1. The Balaban J connectivity index is 2.09. The van der Waals surface area contributed by atoms with Crippen LogP contribution in [0.1, 0.15) is 4.88 Å². The highest BCUT2D eigenvalue weighted by atomic mass is 79.9. The van der Waals surface area contributed by atoms with Crippen molar-refractivity contribution in [3.63, 3.8) is 0 Å². The number of thiophene rings is 1. The normalized spacial score (nSPS) is 10.8. The molecule has 108 valence electrons. The first kappa shape index (κ1) is 15.5. The van der Waals surface area contributed by atoms with Crippen LogP contribution in [0.5, 0.6) is 0 Å². The summed E-state index contributed by atoms with van der Waals surface area (Å²) in [5.41, 5.74) is 0.218. The standard InChI is InChI=1S/C12H13BrClN3O2S/c1-19-3-2-17-12(18)11(14)10(6-16-17)15-5-9-4-8(13)7-20-9/h4,6-7,15H,2-3,5H2,1H3. The van der Waals surface area contributed by atoms with Crippen LogP contribution in [-0.2, 0) is 17.8 Å². The minimum atomic E-state index is -0.318. The Morgan fingerprint density at radius 2 is 2.40 bits per heavy atom. The van der Waals surface area contributed by atoms with Gasteiger partial charge in [-0.15, -0.1) is 11.3 Å². The van der Waals surface area contributed by atoms with Crippen LogP contribution in [0.4, 0.5) is 5.69 Å². The van der Waals surface area contributed by atoms with Crippen LogP contribution >= 0.6 is 38.9 Å². The molecule has 2 aromatic rings. The van der Waals surface area contributed by atoms with Gasteiger partial charge >= 0.3 is 0 Å².